The molecule has 0 aliphatic heterocycles. The number of hydrogen-bond donors (Lipinski definition) is 0. The van der Waals surface area contributed by atoms with E-state index < -0.39 is 17.6 Å². The fraction of sp³-hybridized carbons (Fsp3) is 0.586. The van der Waals surface area contributed by atoms with Gasteiger partial charge in [0, 0.05) is 88.6 Å². The smallest absolute Gasteiger partial charge is 0.375 e. The predicted molar refractivity (Wildman–Crippen MR) is 165 cm³/mol. The zero-order valence-electron chi connectivity index (χ0n) is 25.3. The van der Waals surface area contributed by atoms with Crippen LogP contribution in [0.3, 0.4) is 0 Å². The van der Waals surface area contributed by atoms with E-state index in [1.165, 1.54) is 0 Å². The Morgan fingerprint density at radius 1 is 0.462 bits per heavy atom. The first kappa shape index (κ1) is 33.4. The van der Waals surface area contributed by atoms with Crippen molar-refractivity contribution in [3.63, 3.8) is 0 Å². The SMILES string of the molecule is CCO[Si](OCC)(OCC)c1ccc(N(C)CCCN(C)c2ccc([Si](OCC)(OCC)OCC)cc2)cc1. The molecule has 2 aromatic carbocycles. The van der Waals surface area contributed by atoms with Crippen molar-refractivity contribution < 1.29 is 26.6 Å². The van der Waals surface area contributed by atoms with E-state index in [2.05, 4.69) is 72.4 Å². The Morgan fingerprint density at radius 2 is 0.718 bits per heavy atom. The maximum absolute atomic E-state index is 6.05. The van der Waals surface area contributed by atoms with E-state index in [1.807, 2.05) is 41.5 Å². The van der Waals surface area contributed by atoms with E-state index in [-0.39, 0.29) is 0 Å². The van der Waals surface area contributed by atoms with Gasteiger partial charge >= 0.3 is 17.6 Å². The molecule has 0 aliphatic carbocycles. The third kappa shape index (κ3) is 9.12. The molecule has 8 nitrogen and oxygen atoms in total. The minimum Gasteiger partial charge on any atom is -0.375 e. The number of anilines is 2. The standard InChI is InChI=1S/C29H50N2O6Si2/c1-9-32-38(33-10-2,34-11-3)28-20-16-26(17-21-28)30(7)24-15-25-31(8)27-18-22-29(23-19-27)39(35-12-4,36-13-5)37-14-6/h16-23H,9-15,24-25H2,1-8H3. The van der Waals surface area contributed by atoms with Crippen LogP contribution < -0.4 is 20.2 Å². The van der Waals surface area contributed by atoms with Crippen LogP contribution in [0.2, 0.25) is 0 Å². The van der Waals surface area contributed by atoms with E-state index in [1.54, 1.807) is 0 Å². The van der Waals surface area contributed by atoms with Crippen molar-refractivity contribution in [3.05, 3.63) is 48.5 Å². The summed E-state index contributed by atoms with van der Waals surface area (Å²) in [5, 5.41) is 2.00. The summed E-state index contributed by atoms with van der Waals surface area (Å²) < 4.78 is 36.3. The Balaban J connectivity index is 2.00. The lowest BCUT2D eigenvalue weighted by Gasteiger charge is -2.29. The summed E-state index contributed by atoms with van der Waals surface area (Å²) in [6.07, 6.45) is 1.02. The molecule has 220 valence electrons. The summed E-state index contributed by atoms with van der Waals surface area (Å²) in [7, 11) is -1.51. The highest BCUT2D eigenvalue weighted by Crippen LogP contribution is 2.18. The van der Waals surface area contributed by atoms with Gasteiger partial charge in [-0.2, -0.15) is 0 Å². The van der Waals surface area contributed by atoms with Crippen molar-refractivity contribution in [1.29, 1.82) is 0 Å². The molecule has 0 heterocycles. The first-order valence-electron chi connectivity index (χ1n) is 14.3. The minimum absolute atomic E-state index is 0.554. The second kappa shape index (κ2) is 17.1. The Hall–Kier alpha value is -1.77. The van der Waals surface area contributed by atoms with Crippen molar-refractivity contribution in [2.24, 2.45) is 0 Å². The van der Waals surface area contributed by atoms with Crippen molar-refractivity contribution in [1.82, 2.24) is 0 Å². The van der Waals surface area contributed by atoms with Crippen LogP contribution in [0, 0.1) is 0 Å². The van der Waals surface area contributed by atoms with Gasteiger partial charge in [-0.15, -0.1) is 0 Å². The molecule has 2 aromatic rings. The Morgan fingerprint density at radius 3 is 0.949 bits per heavy atom. The third-order valence-electron chi connectivity index (χ3n) is 6.32. The zero-order chi connectivity index (χ0) is 28.7. The first-order chi connectivity index (χ1) is 18.8. The lowest BCUT2D eigenvalue weighted by Crippen LogP contribution is -2.56. The fourth-order valence-electron chi connectivity index (χ4n) is 4.53. The third-order valence-corrected chi connectivity index (χ3v) is 12.4. The van der Waals surface area contributed by atoms with Gasteiger partial charge in [-0.25, -0.2) is 0 Å². The second-order valence-corrected chi connectivity index (χ2v) is 14.1. The van der Waals surface area contributed by atoms with Gasteiger partial charge in [0.2, 0.25) is 0 Å². The molecule has 0 bridgehead atoms. The molecule has 0 aromatic heterocycles. The number of nitrogens with zero attached hydrogens (tertiary/aromatic N) is 2. The van der Waals surface area contributed by atoms with E-state index in [0.717, 1.165) is 41.3 Å². The lowest BCUT2D eigenvalue weighted by atomic mass is 10.2. The van der Waals surface area contributed by atoms with E-state index in [9.17, 15) is 0 Å². The van der Waals surface area contributed by atoms with E-state index in [4.69, 9.17) is 26.6 Å². The van der Waals surface area contributed by atoms with Crippen LogP contribution in [0.15, 0.2) is 48.5 Å². The molecule has 0 saturated carbocycles. The maximum atomic E-state index is 6.05. The van der Waals surface area contributed by atoms with Gasteiger partial charge < -0.3 is 36.4 Å². The van der Waals surface area contributed by atoms with Crippen molar-refractivity contribution in [3.8, 4) is 0 Å². The van der Waals surface area contributed by atoms with Crippen LogP contribution in [0.4, 0.5) is 11.4 Å². The molecule has 0 saturated heterocycles. The van der Waals surface area contributed by atoms with Crippen LogP contribution in [-0.2, 0) is 26.6 Å². The molecule has 0 aliphatic rings. The van der Waals surface area contributed by atoms with Crippen LogP contribution in [0.25, 0.3) is 0 Å². The molecule has 0 N–H and O–H groups in total. The van der Waals surface area contributed by atoms with Gasteiger partial charge in [-0.1, -0.05) is 24.3 Å². The Labute approximate surface area is 238 Å². The summed E-state index contributed by atoms with van der Waals surface area (Å²) in [6, 6.07) is 16.9. The molecule has 0 amide bonds. The number of hydrogen-bond acceptors (Lipinski definition) is 8. The maximum Gasteiger partial charge on any atom is 0.537 e. The van der Waals surface area contributed by atoms with Crippen molar-refractivity contribution in [2.45, 2.75) is 48.0 Å². The second-order valence-electron chi connectivity index (χ2n) is 9.00. The lowest BCUT2D eigenvalue weighted by molar-refractivity contribution is 0.0851. The quantitative estimate of drug-likeness (QED) is 0.217. The summed E-state index contributed by atoms with van der Waals surface area (Å²) in [4.78, 5) is 4.55. The fourth-order valence-corrected chi connectivity index (χ4v) is 9.46. The van der Waals surface area contributed by atoms with Crippen LogP contribution in [0.1, 0.15) is 48.0 Å². The number of benzene rings is 2. The van der Waals surface area contributed by atoms with E-state index >= 15 is 0 Å². The monoisotopic (exact) mass is 578 g/mol. The molecule has 10 heteroatoms. The Kier molecular flexibility index (Phi) is 14.7. The molecule has 0 unspecified atom stereocenters. The summed E-state index contributed by atoms with van der Waals surface area (Å²) >= 11 is 0. The normalized spacial score (nSPS) is 12.1. The summed E-state index contributed by atoms with van der Waals surface area (Å²) in [5.41, 5.74) is 2.31. The zero-order valence-corrected chi connectivity index (χ0v) is 27.3. The molecule has 0 spiro atoms. The van der Waals surface area contributed by atoms with Crippen LogP contribution >= 0.6 is 0 Å². The largest absolute Gasteiger partial charge is 0.537 e. The van der Waals surface area contributed by atoms with Gasteiger partial charge in [0.15, 0.2) is 0 Å². The molecule has 2 rings (SSSR count). The van der Waals surface area contributed by atoms with Gasteiger partial charge in [0.1, 0.15) is 0 Å². The molecular formula is C29H50N2O6Si2. The van der Waals surface area contributed by atoms with E-state index in [0.29, 0.717) is 39.6 Å². The molecule has 0 atom stereocenters. The van der Waals surface area contributed by atoms with Gasteiger partial charge in [0.05, 0.1) is 0 Å². The molecule has 0 fully saturated rings. The highest BCUT2D eigenvalue weighted by atomic mass is 28.4. The summed E-state index contributed by atoms with van der Waals surface area (Å²) in [5.74, 6) is 0. The first-order valence-corrected chi connectivity index (χ1v) is 17.8. The summed E-state index contributed by atoms with van der Waals surface area (Å²) in [6.45, 7) is 17.1. The Bertz CT molecular complexity index is 823. The average Bonchev–Trinajstić information content (AvgIpc) is 2.94. The van der Waals surface area contributed by atoms with Crippen molar-refractivity contribution >= 4 is 39.4 Å². The van der Waals surface area contributed by atoms with Crippen LogP contribution in [0.5, 0.6) is 0 Å². The minimum atomic E-state index is -2.88. The topological polar surface area (TPSA) is 61.9 Å². The van der Waals surface area contributed by atoms with Crippen molar-refractivity contribution in [2.75, 3.05) is 76.6 Å². The van der Waals surface area contributed by atoms with Gasteiger partial charge in [-0.3, -0.25) is 0 Å². The molecular weight excluding hydrogens is 528 g/mol. The highest BCUT2D eigenvalue weighted by molar-refractivity contribution is 6.75. The van der Waals surface area contributed by atoms with Gasteiger partial charge in [0.25, 0.3) is 0 Å². The molecule has 0 radical (unpaired) electrons. The predicted octanol–water partition coefficient (Wildman–Crippen LogP) is 4.16. The molecule has 39 heavy (non-hydrogen) atoms. The number of rotatable bonds is 20. The van der Waals surface area contributed by atoms with Crippen LogP contribution in [-0.4, -0.2) is 84.4 Å². The average molecular weight is 579 g/mol. The van der Waals surface area contributed by atoms with Gasteiger partial charge in [-0.05, 0) is 72.2 Å². The highest BCUT2D eigenvalue weighted by Gasteiger charge is 2.44.